The van der Waals surface area contributed by atoms with Gasteiger partial charge in [-0.1, -0.05) is 82.4 Å². The molecule has 0 aliphatic heterocycles. The van der Waals surface area contributed by atoms with Gasteiger partial charge < -0.3 is 0 Å². The van der Waals surface area contributed by atoms with Crippen molar-refractivity contribution < 1.29 is 0 Å². The molecule has 0 aliphatic rings. The zero-order valence-electron chi connectivity index (χ0n) is 17.0. The summed E-state index contributed by atoms with van der Waals surface area (Å²) in [6, 6.07) is 22.9. The number of hydrogen-bond donors (Lipinski definition) is 0. The zero-order valence-corrected chi connectivity index (χ0v) is 22.4. The van der Waals surface area contributed by atoms with Crippen LogP contribution in [-0.2, 0) is 11.8 Å². The predicted octanol–water partition coefficient (Wildman–Crippen LogP) is 11.3. The average Bonchev–Trinajstić information content (AvgIpc) is 2.82. The first kappa shape index (κ1) is 25.1. The SMILES string of the molecule is ClCc1c(Sc2ccc(Cl)c(-c3ccc(Cl)cc3)c2CCl)ccc(Cl)c1-c1ccc(Cl)cc1. The number of benzene rings is 4. The van der Waals surface area contributed by atoms with Crippen LogP contribution in [0.15, 0.2) is 82.6 Å². The zero-order chi connectivity index (χ0) is 23.5. The van der Waals surface area contributed by atoms with Crippen molar-refractivity contribution in [3.05, 3.63) is 104 Å². The van der Waals surface area contributed by atoms with E-state index in [1.54, 1.807) is 11.8 Å². The first-order chi connectivity index (χ1) is 15.9. The molecule has 0 saturated heterocycles. The molecule has 0 bridgehead atoms. The molecule has 0 saturated carbocycles. The quantitative estimate of drug-likeness (QED) is 0.207. The molecule has 0 N–H and O–H groups in total. The summed E-state index contributed by atoms with van der Waals surface area (Å²) >= 11 is 39.8. The Morgan fingerprint density at radius 1 is 0.485 bits per heavy atom. The lowest BCUT2D eigenvalue weighted by Gasteiger charge is -2.18. The third kappa shape index (κ3) is 5.46. The Labute approximate surface area is 227 Å². The van der Waals surface area contributed by atoms with Gasteiger partial charge in [-0.3, -0.25) is 0 Å². The summed E-state index contributed by atoms with van der Waals surface area (Å²) in [4.78, 5) is 1.99. The summed E-state index contributed by atoms with van der Waals surface area (Å²) in [6.45, 7) is 0. The molecule has 4 aromatic rings. The van der Waals surface area contributed by atoms with Crippen LogP contribution in [0.25, 0.3) is 22.3 Å². The van der Waals surface area contributed by atoms with Crippen molar-refractivity contribution in [3.63, 3.8) is 0 Å². The Bertz CT molecular complexity index is 1180. The van der Waals surface area contributed by atoms with E-state index in [1.165, 1.54) is 0 Å². The van der Waals surface area contributed by atoms with Crippen molar-refractivity contribution in [1.82, 2.24) is 0 Å². The van der Waals surface area contributed by atoms with Crippen molar-refractivity contribution in [2.24, 2.45) is 0 Å². The largest absolute Gasteiger partial charge is 0.121 e. The van der Waals surface area contributed by atoms with Crippen LogP contribution in [0.1, 0.15) is 11.1 Å². The molecule has 0 amide bonds. The Morgan fingerprint density at radius 2 is 0.848 bits per heavy atom. The second-order valence-electron chi connectivity index (χ2n) is 7.18. The summed E-state index contributed by atoms with van der Waals surface area (Å²) in [5.41, 5.74) is 5.59. The van der Waals surface area contributed by atoms with E-state index in [-0.39, 0.29) is 0 Å². The summed E-state index contributed by atoms with van der Waals surface area (Å²) in [7, 11) is 0. The average molecular weight is 573 g/mol. The molecule has 4 aromatic carbocycles. The Morgan fingerprint density at radius 3 is 1.18 bits per heavy atom. The number of alkyl halides is 2. The summed E-state index contributed by atoms with van der Waals surface area (Å²) < 4.78 is 0. The third-order valence-electron chi connectivity index (χ3n) is 5.19. The van der Waals surface area contributed by atoms with E-state index < -0.39 is 0 Å². The molecule has 0 unspecified atom stereocenters. The van der Waals surface area contributed by atoms with Gasteiger partial charge in [0.05, 0.1) is 0 Å². The standard InChI is InChI=1S/C26H16Cl6S/c27-13-19-23(11-9-21(31)25(19)15-1-5-17(29)6-2-15)33-24-12-10-22(32)26(20(24)14-28)16-3-7-18(30)8-4-16/h1-12H,13-14H2. The van der Waals surface area contributed by atoms with Crippen LogP contribution in [0, 0.1) is 0 Å². The van der Waals surface area contributed by atoms with E-state index in [0.29, 0.717) is 31.9 Å². The molecule has 0 atom stereocenters. The first-order valence-corrected chi connectivity index (χ1v) is 13.3. The molecule has 0 spiro atoms. The normalized spacial score (nSPS) is 11.1. The van der Waals surface area contributed by atoms with Gasteiger partial charge in [0.1, 0.15) is 0 Å². The van der Waals surface area contributed by atoms with Gasteiger partial charge in [0.2, 0.25) is 0 Å². The lowest BCUT2D eigenvalue weighted by atomic mass is 10.0. The summed E-state index contributed by atoms with van der Waals surface area (Å²) in [6.07, 6.45) is 0. The molecule has 7 heteroatoms. The predicted molar refractivity (Wildman–Crippen MR) is 147 cm³/mol. The lowest BCUT2D eigenvalue weighted by Crippen LogP contribution is -1.95. The highest BCUT2D eigenvalue weighted by Gasteiger charge is 2.19. The van der Waals surface area contributed by atoms with Crippen molar-refractivity contribution in [2.45, 2.75) is 21.6 Å². The van der Waals surface area contributed by atoms with Gasteiger partial charge in [0, 0.05) is 52.8 Å². The fraction of sp³-hybridized carbons (Fsp3) is 0.0769. The van der Waals surface area contributed by atoms with E-state index in [0.717, 1.165) is 43.2 Å². The number of hydrogen-bond acceptors (Lipinski definition) is 1. The van der Waals surface area contributed by atoms with Gasteiger partial charge in [-0.05, 0) is 70.8 Å². The van der Waals surface area contributed by atoms with Gasteiger partial charge >= 0.3 is 0 Å². The molecular formula is C26H16Cl6S. The van der Waals surface area contributed by atoms with E-state index in [9.17, 15) is 0 Å². The second-order valence-corrected chi connectivity index (χ2v) is 10.5. The van der Waals surface area contributed by atoms with Crippen molar-refractivity contribution >= 4 is 81.4 Å². The maximum absolute atomic E-state index is 6.60. The van der Waals surface area contributed by atoms with Crippen LogP contribution in [0.2, 0.25) is 20.1 Å². The molecule has 0 aliphatic carbocycles. The number of halogens is 6. The van der Waals surface area contributed by atoms with E-state index in [1.807, 2.05) is 72.8 Å². The molecule has 0 radical (unpaired) electrons. The smallest absolute Gasteiger partial charge is 0.0492 e. The molecule has 0 heterocycles. The topological polar surface area (TPSA) is 0 Å². The van der Waals surface area contributed by atoms with Crippen molar-refractivity contribution in [2.75, 3.05) is 0 Å². The molecule has 33 heavy (non-hydrogen) atoms. The molecular weight excluding hydrogens is 557 g/mol. The molecule has 4 rings (SSSR count). The van der Waals surface area contributed by atoms with Crippen LogP contribution in [0.5, 0.6) is 0 Å². The highest BCUT2D eigenvalue weighted by Crippen LogP contribution is 2.45. The van der Waals surface area contributed by atoms with Gasteiger partial charge in [0.15, 0.2) is 0 Å². The third-order valence-corrected chi connectivity index (χ3v) is 8.06. The monoisotopic (exact) mass is 570 g/mol. The lowest BCUT2D eigenvalue weighted by molar-refractivity contribution is 1.23. The van der Waals surface area contributed by atoms with Gasteiger partial charge in [-0.15, -0.1) is 23.2 Å². The Hall–Kier alpha value is -1.03. The summed E-state index contributed by atoms with van der Waals surface area (Å²) in [5.74, 6) is 0.601. The van der Waals surface area contributed by atoms with Crippen molar-refractivity contribution in [3.8, 4) is 22.3 Å². The molecule has 0 nitrogen and oxygen atoms in total. The van der Waals surface area contributed by atoms with Gasteiger partial charge in [-0.2, -0.15) is 0 Å². The van der Waals surface area contributed by atoms with Crippen molar-refractivity contribution in [1.29, 1.82) is 0 Å². The minimum atomic E-state index is 0.300. The van der Waals surface area contributed by atoms with E-state index >= 15 is 0 Å². The fourth-order valence-electron chi connectivity index (χ4n) is 3.63. The molecule has 168 valence electrons. The Kier molecular flexibility index (Phi) is 8.46. The van der Waals surface area contributed by atoms with Crippen LogP contribution >= 0.6 is 81.4 Å². The van der Waals surface area contributed by atoms with E-state index in [2.05, 4.69) is 0 Å². The minimum absolute atomic E-state index is 0.300. The molecule has 0 fully saturated rings. The van der Waals surface area contributed by atoms with Crippen LogP contribution in [-0.4, -0.2) is 0 Å². The van der Waals surface area contributed by atoms with Crippen LogP contribution in [0.3, 0.4) is 0 Å². The highest BCUT2D eigenvalue weighted by molar-refractivity contribution is 7.99. The summed E-state index contributed by atoms with van der Waals surface area (Å²) in [5, 5.41) is 2.59. The molecule has 0 aromatic heterocycles. The number of rotatable bonds is 6. The fourth-order valence-corrected chi connectivity index (χ4v) is 6.27. The maximum Gasteiger partial charge on any atom is 0.0492 e. The maximum atomic E-state index is 6.60. The highest BCUT2D eigenvalue weighted by atomic mass is 35.5. The van der Waals surface area contributed by atoms with Gasteiger partial charge in [-0.25, -0.2) is 0 Å². The van der Waals surface area contributed by atoms with E-state index in [4.69, 9.17) is 69.6 Å². The second kappa shape index (κ2) is 11.1. The minimum Gasteiger partial charge on any atom is -0.121 e. The Balaban J connectivity index is 1.83. The van der Waals surface area contributed by atoms with Crippen LogP contribution < -0.4 is 0 Å². The van der Waals surface area contributed by atoms with Crippen LogP contribution in [0.4, 0.5) is 0 Å². The first-order valence-electron chi connectivity index (χ1n) is 9.87. The van der Waals surface area contributed by atoms with Gasteiger partial charge in [0.25, 0.3) is 0 Å².